The molecule has 5 nitrogen and oxygen atoms in total. The lowest BCUT2D eigenvalue weighted by molar-refractivity contribution is 0.112. The molecular formula is C17H25ClN4O. The third kappa shape index (κ3) is 3.97. The van der Waals surface area contributed by atoms with E-state index in [2.05, 4.69) is 35.3 Å². The lowest BCUT2D eigenvalue weighted by atomic mass is 10.0. The van der Waals surface area contributed by atoms with Crippen molar-refractivity contribution >= 4 is 17.6 Å². The molecule has 0 aromatic heterocycles. The quantitative estimate of drug-likeness (QED) is 0.892. The number of fused-ring (bicyclic) bond motifs is 1. The van der Waals surface area contributed by atoms with Crippen LogP contribution in [0, 0.1) is 0 Å². The zero-order chi connectivity index (χ0) is 16.4. The van der Waals surface area contributed by atoms with Gasteiger partial charge in [0.25, 0.3) is 0 Å². The zero-order valence-corrected chi connectivity index (χ0v) is 14.6. The maximum absolute atomic E-state index is 12.5. The Kier molecular flexibility index (Phi) is 5.09. The smallest absolute Gasteiger partial charge is 0.317 e. The SMILES string of the molecule is CN1CCN(C)C(CNC(=O)N2CCc3ccc(Cl)cc3C2)C1. The first-order valence-electron chi connectivity index (χ1n) is 8.22. The molecule has 126 valence electrons. The average Bonchev–Trinajstić information content (AvgIpc) is 2.54. The van der Waals surface area contributed by atoms with Crippen LogP contribution >= 0.6 is 11.6 Å². The highest BCUT2D eigenvalue weighted by atomic mass is 35.5. The van der Waals surface area contributed by atoms with Gasteiger partial charge in [-0.15, -0.1) is 0 Å². The van der Waals surface area contributed by atoms with Gasteiger partial charge in [0.15, 0.2) is 0 Å². The molecule has 2 amide bonds. The fraction of sp³-hybridized carbons (Fsp3) is 0.588. The largest absolute Gasteiger partial charge is 0.336 e. The van der Waals surface area contributed by atoms with Crippen molar-refractivity contribution in [3.8, 4) is 0 Å². The molecule has 1 atom stereocenters. The Balaban J connectivity index is 1.55. The molecule has 3 rings (SSSR count). The number of likely N-dealkylation sites (N-methyl/N-ethyl adjacent to an activating group) is 2. The highest BCUT2D eigenvalue weighted by Crippen LogP contribution is 2.22. The molecule has 2 heterocycles. The summed E-state index contributed by atoms with van der Waals surface area (Å²) in [5.41, 5.74) is 2.46. The summed E-state index contributed by atoms with van der Waals surface area (Å²) < 4.78 is 0. The van der Waals surface area contributed by atoms with Gasteiger partial charge in [0, 0.05) is 50.3 Å². The number of rotatable bonds is 2. The molecule has 2 aliphatic heterocycles. The standard InChI is InChI=1S/C17H25ClN4O/c1-20-7-8-21(2)16(12-20)10-19-17(23)22-6-5-13-3-4-15(18)9-14(13)11-22/h3-4,9,16H,5-8,10-12H2,1-2H3,(H,19,23). The number of halogens is 1. The maximum Gasteiger partial charge on any atom is 0.317 e. The number of nitrogens with zero attached hydrogens (tertiary/aromatic N) is 3. The summed E-state index contributed by atoms with van der Waals surface area (Å²) in [6, 6.07) is 6.37. The van der Waals surface area contributed by atoms with Crippen molar-refractivity contribution in [3.05, 3.63) is 34.3 Å². The fourth-order valence-electron chi connectivity index (χ4n) is 3.34. The van der Waals surface area contributed by atoms with Crippen molar-refractivity contribution in [1.82, 2.24) is 20.0 Å². The van der Waals surface area contributed by atoms with E-state index in [0.717, 1.165) is 43.2 Å². The van der Waals surface area contributed by atoms with Gasteiger partial charge in [-0.25, -0.2) is 4.79 Å². The molecule has 2 aliphatic rings. The van der Waals surface area contributed by atoms with Crippen LogP contribution in [0.25, 0.3) is 0 Å². The van der Waals surface area contributed by atoms with E-state index in [4.69, 9.17) is 11.6 Å². The average molecular weight is 337 g/mol. The van der Waals surface area contributed by atoms with Crippen LogP contribution in [0.5, 0.6) is 0 Å². The van der Waals surface area contributed by atoms with E-state index in [1.54, 1.807) is 0 Å². The molecule has 0 bridgehead atoms. The second-order valence-electron chi connectivity index (χ2n) is 6.67. The molecule has 0 radical (unpaired) electrons. The Morgan fingerprint density at radius 2 is 2.09 bits per heavy atom. The van der Waals surface area contributed by atoms with Crippen molar-refractivity contribution in [2.75, 3.05) is 46.8 Å². The molecule has 0 aliphatic carbocycles. The monoisotopic (exact) mass is 336 g/mol. The lowest BCUT2D eigenvalue weighted by Crippen LogP contribution is -2.55. The number of nitrogens with one attached hydrogen (secondary N) is 1. The first-order chi connectivity index (χ1) is 11.0. The number of carbonyl (C=O) groups is 1. The van der Waals surface area contributed by atoms with Crippen LogP contribution < -0.4 is 5.32 Å². The van der Waals surface area contributed by atoms with Crippen LogP contribution in [-0.4, -0.2) is 73.6 Å². The van der Waals surface area contributed by atoms with E-state index >= 15 is 0 Å². The van der Waals surface area contributed by atoms with Gasteiger partial charge in [-0.2, -0.15) is 0 Å². The third-order valence-electron chi connectivity index (χ3n) is 4.94. The fourth-order valence-corrected chi connectivity index (χ4v) is 3.53. The second-order valence-corrected chi connectivity index (χ2v) is 7.10. The number of benzene rings is 1. The van der Waals surface area contributed by atoms with Gasteiger partial charge < -0.3 is 15.1 Å². The van der Waals surface area contributed by atoms with Crippen LogP contribution in [0.2, 0.25) is 5.02 Å². The predicted molar refractivity (Wildman–Crippen MR) is 92.9 cm³/mol. The Bertz CT molecular complexity index is 580. The molecule has 0 saturated carbocycles. The molecule has 1 N–H and O–H groups in total. The van der Waals surface area contributed by atoms with Crippen molar-refractivity contribution in [3.63, 3.8) is 0 Å². The molecule has 6 heteroatoms. The third-order valence-corrected chi connectivity index (χ3v) is 5.17. The minimum Gasteiger partial charge on any atom is -0.336 e. The zero-order valence-electron chi connectivity index (χ0n) is 13.9. The number of amides is 2. The van der Waals surface area contributed by atoms with Gasteiger partial charge in [-0.05, 0) is 43.8 Å². The van der Waals surface area contributed by atoms with Gasteiger partial charge in [0.05, 0.1) is 0 Å². The van der Waals surface area contributed by atoms with E-state index in [-0.39, 0.29) is 6.03 Å². The Morgan fingerprint density at radius 3 is 2.91 bits per heavy atom. The predicted octanol–water partition coefficient (Wildman–Crippen LogP) is 1.65. The number of carbonyl (C=O) groups excluding carboxylic acids is 1. The lowest BCUT2D eigenvalue weighted by Gasteiger charge is -2.38. The first kappa shape index (κ1) is 16.6. The van der Waals surface area contributed by atoms with Crippen LogP contribution in [0.3, 0.4) is 0 Å². The van der Waals surface area contributed by atoms with Gasteiger partial charge >= 0.3 is 6.03 Å². The molecule has 23 heavy (non-hydrogen) atoms. The summed E-state index contributed by atoms with van der Waals surface area (Å²) in [5.74, 6) is 0. The minimum atomic E-state index is 0.0252. The van der Waals surface area contributed by atoms with Gasteiger partial charge in [0.2, 0.25) is 0 Å². The molecule has 1 aromatic rings. The van der Waals surface area contributed by atoms with Crippen LogP contribution in [0.4, 0.5) is 4.79 Å². The summed E-state index contributed by atoms with van der Waals surface area (Å²) >= 11 is 6.07. The van der Waals surface area contributed by atoms with Crippen LogP contribution in [0.15, 0.2) is 18.2 Å². The van der Waals surface area contributed by atoms with E-state index in [1.165, 1.54) is 5.56 Å². The summed E-state index contributed by atoms with van der Waals surface area (Å²) in [5, 5.41) is 3.84. The minimum absolute atomic E-state index is 0.0252. The van der Waals surface area contributed by atoms with Gasteiger partial charge in [-0.1, -0.05) is 17.7 Å². The Hall–Kier alpha value is -1.30. The van der Waals surface area contributed by atoms with Crippen molar-refractivity contribution in [2.45, 2.75) is 19.0 Å². The van der Waals surface area contributed by atoms with E-state index in [0.29, 0.717) is 19.1 Å². The second kappa shape index (κ2) is 7.07. The van der Waals surface area contributed by atoms with Gasteiger partial charge in [0.1, 0.15) is 0 Å². The molecule has 0 spiro atoms. The van der Waals surface area contributed by atoms with Crippen molar-refractivity contribution in [1.29, 1.82) is 0 Å². The molecule has 1 unspecified atom stereocenters. The topological polar surface area (TPSA) is 38.8 Å². The molecule has 1 fully saturated rings. The summed E-state index contributed by atoms with van der Waals surface area (Å²) in [6.07, 6.45) is 0.895. The number of hydrogen-bond donors (Lipinski definition) is 1. The summed E-state index contributed by atoms with van der Waals surface area (Å²) in [6.45, 7) is 5.23. The van der Waals surface area contributed by atoms with Crippen LogP contribution in [-0.2, 0) is 13.0 Å². The Labute approximate surface area is 143 Å². The van der Waals surface area contributed by atoms with E-state index in [1.807, 2.05) is 17.0 Å². The first-order valence-corrected chi connectivity index (χ1v) is 8.59. The number of hydrogen-bond acceptors (Lipinski definition) is 3. The van der Waals surface area contributed by atoms with Crippen molar-refractivity contribution in [2.24, 2.45) is 0 Å². The molecular weight excluding hydrogens is 312 g/mol. The summed E-state index contributed by atoms with van der Waals surface area (Å²) in [7, 11) is 4.26. The van der Waals surface area contributed by atoms with E-state index < -0.39 is 0 Å². The highest BCUT2D eigenvalue weighted by Gasteiger charge is 2.25. The normalized spacial score (nSPS) is 22.7. The molecule has 1 aromatic carbocycles. The highest BCUT2D eigenvalue weighted by molar-refractivity contribution is 6.30. The van der Waals surface area contributed by atoms with Gasteiger partial charge in [-0.3, -0.25) is 4.90 Å². The molecule has 1 saturated heterocycles. The van der Waals surface area contributed by atoms with E-state index in [9.17, 15) is 4.79 Å². The summed E-state index contributed by atoms with van der Waals surface area (Å²) in [4.78, 5) is 19.0. The number of piperazine rings is 1. The number of urea groups is 1. The maximum atomic E-state index is 12.5. The Morgan fingerprint density at radius 1 is 1.26 bits per heavy atom. The van der Waals surface area contributed by atoms with Crippen molar-refractivity contribution < 1.29 is 4.79 Å². The van der Waals surface area contributed by atoms with Crippen LogP contribution in [0.1, 0.15) is 11.1 Å².